The Balaban J connectivity index is 2.59. The maximum Gasteiger partial charge on any atom is 0.573 e. The fourth-order valence-corrected chi connectivity index (χ4v) is 1.92. The van der Waals surface area contributed by atoms with E-state index in [1.165, 1.54) is 6.07 Å². The predicted molar refractivity (Wildman–Crippen MR) is 69.3 cm³/mol. The van der Waals surface area contributed by atoms with Crippen molar-refractivity contribution in [3.8, 4) is 5.75 Å². The Morgan fingerprint density at radius 1 is 0.947 bits per heavy atom. The third-order valence-electron chi connectivity index (χ3n) is 2.93. The molecule has 0 aromatic heterocycles. The summed E-state index contributed by atoms with van der Waals surface area (Å²) >= 11 is 0. The highest BCUT2D eigenvalue weighted by atomic mass is 19.4. The second-order valence-electron chi connectivity index (χ2n) is 5.49. The van der Waals surface area contributed by atoms with Crippen molar-refractivity contribution >= 4 is 10.8 Å². The van der Waals surface area contributed by atoms with Crippen LogP contribution in [0.1, 0.15) is 26.3 Å². The van der Waals surface area contributed by atoms with Gasteiger partial charge in [0.05, 0.1) is 0 Å². The highest BCUT2D eigenvalue weighted by Crippen LogP contribution is 2.33. The van der Waals surface area contributed by atoms with E-state index in [1.54, 1.807) is 18.2 Å². The summed E-state index contributed by atoms with van der Waals surface area (Å²) in [5.74, 6) is -0.156. The summed E-state index contributed by atoms with van der Waals surface area (Å²) in [6.45, 7) is 6.05. The molecule has 0 aliphatic rings. The Labute approximate surface area is 110 Å². The van der Waals surface area contributed by atoms with Gasteiger partial charge in [-0.05, 0) is 28.5 Å². The normalized spacial score (nSPS) is 12.7. The first kappa shape index (κ1) is 13.7. The Morgan fingerprint density at radius 2 is 1.63 bits per heavy atom. The molecule has 0 aliphatic carbocycles. The van der Waals surface area contributed by atoms with Gasteiger partial charge in [0.1, 0.15) is 5.75 Å². The molecule has 0 unspecified atom stereocenters. The number of hydrogen-bond acceptors (Lipinski definition) is 1. The largest absolute Gasteiger partial charge is 0.573 e. The second-order valence-corrected chi connectivity index (χ2v) is 5.49. The first-order valence-corrected chi connectivity index (χ1v) is 5.96. The van der Waals surface area contributed by atoms with Gasteiger partial charge >= 0.3 is 6.36 Å². The monoisotopic (exact) mass is 268 g/mol. The number of hydrogen-bond donors (Lipinski definition) is 0. The van der Waals surface area contributed by atoms with Crippen molar-refractivity contribution in [2.45, 2.75) is 32.5 Å². The molecule has 0 spiro atoms. The van der Waals surface area contributed by atoms with Crippen molar-refractivity contribution in [3.05, 3.63) is 42.0 Å². The van der Waals surface area contributed by atoms with Crippen molar-refractivity contribution in [1.29, 1.82) is 0 Å². The molecule has 0 fully saturated rings. The lowest BCUT2D eigenvalue weighted by molar-refractivity contribution is -0.274. The van der Waals surface area contributed by atoms with Crippen molar-refractivity contribution in [2.24, 2.45) is 0 Å². The molecule has 0 N–H and O–H groups in total. The smallest absolute Gasteiger partial charge is 0.405 e. The van der Waals surface area contributed by atoms with Crippen molar-refractivity contribution < 1.29 is 17.9 Å². The first-order valence-electron chi connectivity index (χ1n) is 5.96. The molecule has 2 rings (SSSR count). The van der Waals surface area contributed by atoms with Gasteiger partial charge in [-0.3, -0.25) is 0 Å². The van der Waals surface area contributed by atoms with Crippen LogP contribution in [0, 0.1) is 0 Å². The Hall–Kier alpha value is -1.71. The van der Waals surface area contributed by atoms with E-state index in [1.807, 2.05) is 32.9 Å². The molecule has 0 atom stereocenters. The summed E-state index contributed by atoms with van der Waals surface area (Å²) in [7, 11) is 0. The summed E-state index contributed by atoms with van der Waals surface area (Å²) in [5, 5.41) is 1.21. The minimum atomic E-state index is -4.67. The second kappa shape index (κ2) is 4.44. The number of fused-ring (bicyclic) bond motifs is 1. The molecule has 0 radical (unpaired) electrons. The van der Waals surface area contributed by atoms with Crippen LogP contribution in [0.5, 0.6) is 5.75 Å². The van der Waals surface area contributed by atoms with Crippen LogP contribution in [-0.4, -0.2) is 6.36 Å². The van der Waals surface area contributed by atoms with Crippen LogP contribution in [0.3, 0.4) is 0 Å². The lowest BCUT2D eigenvalue weighted by Crippen LogP contribution is -2.17. The molecular weight excluding hydrogens is 253 g/mol. The molecule has 1 nitrogen and oxygen atoms in total. The minimum absolute atomic E-state index is 0.125. The van der Waals surface area contributed by atoms with Gasteiger partial charge in [-0.15, -0.1) is 13.2 Å². The van der Waals surface area contributed by atoms with Crippen LogP contribution < -0.4 is 4.74 Å². The van der Waals surface area contributed by atoms with Gasteiger partial charge in [0.15, 0.2) is 0 Å². The Morgan fingerprint density at radius 3 is 2.21 bits per heavy atom. The maximum atomic E-state index is 12.4. The quantitative estimate of drug-likeness (QED) is 0.704. The van der Waals surface area contributed by atoms with Crippen molar-refractivity contribution in [2.75, 3.05) is 0 Å². The van der Waals surface area contributed by atoms with Gasteiger partial charge in [-0.25, -0.2) is 0 Å². The average Bonchev–Trinajstić information content (AvgIpc) is 2.25. The topological polar surface area (TPSA) is 9.23 Å². The third-order valence-corrected chi connectivity index (χ3v) is 2.93. The van der Waals surface area contributed by atoms with Gasteiger partial charge < -0.3 is 4.74 Å². The molecule has 0 amide bonds. The summed E-state index contributed by atoms with van der Waals surface area (Å²) < 4.78 is 41.2. The molecule has 2 aromatic rings. The van der Waals surface area contributed by atoms with E-state index < -0.39 is 6.36 Å². The van der Waals surface area contributed by atoms with Gasteiger partial charge in [0, 0.05) is 5.39 Å². The summed E-state index contributed by atoms with van der Waals surface area (Å²) in [4.78, 5) is 0. The average molecular weight is 268 g/mol. The third kappa shape index (κ3) is 3.19. The highest BCUT2D eigenvalue weighted by Gasteiger charge is 2.31. The molecule has 4 heteroatoms. The highest BCUT2D eigenvalue weighted by molar-refractivity contribution is 5.89. The zero-order valence-electron chi connectivity index (χ0n) is 11.0. The van der Waals surface area contributed by atoms with E-state index in [9.17, 15) is 13.2 Å². The molecule has 0 heterocycles. The van der Waals surface area contributed by atoms with E-state index >= 15 is 0 Å². The number of rotatable bonds is 1. The fraction of sp³-hybridized carbons (Fsp3) is 0.333. The zero-order chi connectivity index (χ0) is 14.3. The van der Waals surface area contributed by atoms with Gasteiger partial charge in [-0.1, -0.05) is 45.0 Å². The number of ether oxygens (including phenoxy) is 1. The summed E-state index contributed by atoms with van der Waals surface area (Å²) in [6, 6.07) is 10.2. The molecule has 102 valence electrons. The SMILES string of the molecule is CC(C)(C)c1ccc2cccc(OC(F)(F)F)c2c1. The van der Waals surface area contributed by atoms with Crippen molar-refractivity contribution in [1.82, 2.24) is 0 Å². The Bertz CT molecular complexity index is 594. The van der Waals surface area contributed by atoms with E-state index in [4.69, 9.17) is 0 Å². The molecule has 19 heavy (non-hydrogen) atoms. The first-order chi connectivity index (χ1) is 8.67. The number of benzene rings is 2. The maximum absolute atomic E-state index is 12.4. The molecule has 0 saturated heterocycles. The lowest BCUT2D eigenvalue weighted by Gasteiger charge is -2.20. The fourth-order valence-electron chi connectivity index (χ4n) is 1.92. The Kier molecular flexibility index (Phi) is 3.20. The van der Waals surface area contributed by atoms with Crippen LogP contribution in [0.4, 0.5) is 13.2 Å². The van der Waals surface area contributed by atoms with Gasteiger partial charge in [-0.2, -0.15) is 0 Å². The zero-order valence-corrected chi connectivity index (χ0v) is 11.0. The van der Waals surface area contributed by atoms with Crippen LogP contribution in [0.2, 0.25) is 0 Å². The van der Waals surface area contributed by atoms with E-state index in [-0.39, 0.29) is 11.2 Å². The molecule has 2 aromatic carbocycles. The van der Waals surface area contributed by atoms with E-state index in [2.05, 4.69) is 4.74 Å². The van der Waals surface area contributed by atoms with Crippen molar-refractivity contribution in [3.63, 3.8) is 0 Å². The number of alkyl halides is 3. The van der Waals surface area contributed by atoms with E-state index in [0.29, 0.717) is 5.39 Å². The molecule has 0 saturated carbocycles. The lowest BCUT2D eigenvalue weighted by atomic mass is 9.86. The van der Waals surface area contributed by atoms with Crippen LogP contribution in [-0.2, 0) is 5.41 Å². The number of halogens is 3. The molecular formula is C15H15F3O. The van der Waals surface area contributed by atoms with E-state index in [0.717, 1.165) is 10.9 Å². The predicted octanol–water partition coefficient (Wildman–Crippen LogP) is 5.04. The van der Waals surface area contributed by atoms with Crippen LogP contribution >= 0.6 is 0 Å². The minimum Gasteiger partial charge on any atom is -0.405 e. The molecule has 0 bridgehead atoms. The van der Waals surface area contributed by atoms with Crippen LogP contribution in [0.15, 0.2) is 36.4 Å². The van der Waals surface area contributed by atoms with Gasteiger partial charge in [0.25, 0.3) is 0 Å². The van der Waals surface area contributed by atoms with Gasteiger partial charge in [0.2, 0.25) is 0 Å². The standard InChI is InChI=1S/C15H15F3O/c1-14(2,3)11-8-7-10-5-4-6-13(12(10)9-11)19-15(16,17)18/h4-9H,1-3H3. The van der Waals surface area contributed by atoms with Crippen LogP contribution in [0.25, 0.3) is 10.8 Å². The summed E-state index contributed by atoms with van der Waals surface area (Å²) in [6.07, 6.45) is -4.67. The summed E-state index contributed by atoms with van der Waals surface area (Å²) in [5.41, 5.74) is 0.845. The molecule has 0 aliphatic heterocycles.